The van der Waals surface area contributed by atoms with Crippen LogP contribution in [0.1, 0.15) is 24.4 Å². The Kier molecular flexibility index (Phi) is 4.17. The van der Waals surface area contributed by atoms with Gasteiger partial charge in [-0.1, -0.05) is 15.9 Å². The number of nitrogens with two attached hydrogens (primary N) is 1. The van der Waals surface area contributed by atoms with E-state index in [0.717, 1.165) is 0 Å². The summed E-state index contributed by atoms with van der Waals surface area (Å²) in [5.41, 5.74) is 6.75. The zero-order valence-electron chi connectivity index (χ0n) is 11.0. The standard InChI is InChI=1S/C12H15BrN4O2S/c1-7-10(14)5-9(13)6-11(7)20(18,19)17-8(2)12-15-3-4-16-12/h3-6,8,17H,14H2,1-2H3,(H,15,16). The molecule has 2 rings (SSSR count). The highest BCUT2D eigenvalue weighted by Crippen LogP contribution is 2.27. The summed E-state index contributed by atoms with van der Waals surface area (Å²) in [6.45, 7) is 3.39. The highest BCUT2D eigenvalue weighted by atomic mass is 79.9. The molecule has 0 radical (unpaired) electrons. The topological polar surface area (TPSA) is 101 Å². The first-order chi connectivity index (χ1) is 9.31. The molecule has 108 valence electrons. The summed E-state index contributed by atoms with van der Waals surface area (Å²) in [6.07, 6.45) is 3.21. The monoisotopic (exact) mass is 358 g/mol. The first kappa shape index (κ1) is 15.0. The van der Waals surface area contributed by atoms with Crippen molar-refractivity contribution in [3.05, 3.63) is 40.4 Å². The third-order valence-corrected chi connectivity index (χ3v) is 5.04. The van der Waals surface area contributed by atoms with Crippen LogP contribution in [-0.2, 0) is 10.0 Å². The fourth-order valence-electron chi connectivity index (χ4n) is 1.82. The molecule has 0 aliphatic rings. The number of benzene rings is 1. The van der Waals surface area contributed by atoms with Crippen LogP contribution in [0.25, 0.3) is 0 Å². The lowest BCUT2D eigenvalue weighted by Gasteiger charge is -2.15. The van der Waals surface area contributed by atoms with Gasteiger partial charge in [-0.25, -0.2) is 18.1 Å². The minimum absolute atomic E-state index is 0.155. The van der Waals surface area contributed by atoms with Gasteiger partial charge in [0.15, 0.2) is 0 Å². The average Bonchev–Trinajstić information content (AvgIpc) is 2.86. The fraction of sp³-hybridized carbons (Fsp3) is 0.250. The number of nitrogens with zero attached hydrogens (tertiary/aromatic N) is 1. The first-order valence-corrected chi connectivity index (χ1v) is 8.16. The van der Waals surface area contributed by atoms with E-state index < -0.39 is 16.1 Å². The van der Waals surface area contributed by atoms with E-state index in [1.165, 1.54) is 6.07 Å². The van der Waals surface area contributed by atoms with E-state index in [1.54, 1.807) is 32.3 Å². The van der Waals surface area contributed by atoms with Crippen LogP contribution >= 0.6 is 15.9 Å². The van der Waals surface area contributed by atoms with Crippen LogP contribution in [0.5, 0.6) is 0 Å². The third-order valence-electron chi connectivity index (χ3n) is 2.92. The summed E-state index contributed by atoms with van der Waals surface area (Å²) in [4.78, 5) is 7.07. The van der Waals surface area contributed by atoms with Crippen molar-refractivity contribution in [2.75, 3.05) is 5.73 Å². The number of aromatic amines is 1. The zero-order valence-corrected chi connectivity index (χ0v) is 13.4. The van der Waals surface area contributed by atoms with Crippen LogP contribution < -0.4 is 10.5 Å². The van der Waals surface area contributed by atoms with E-state index in [-0.39, 0.29) is 4.90 Å². The molecule has 1 unspecified atom stereocenters. The number of sulfonamides is 1. The normalized spacial score (nSPS) is 13.3. The molecule has 1 atom stereocenters. The Morgan fingerprint density at radius 3 is 2.75 bits per heavy atom. The fourth-order valence-corrected chi connectivity index (χ4v) is 3.95. The number of hydrogen-bond donors (Lipinski definition) is 3. The Morgan fingerprint density at radius 1 is 1.45 bits per heavy atom. The largest absolute Gasteiger partial charge is 0.398 e. The van der Waals surface area contributed by atoms with Gasteiger partial charge in [-0.05, 0) is 31.5 Å². The molecule has 0 spiro atoms. The van der Waals surface area contributed by atoms with Gasteiger partial charge >= 0.3 is 0 Å². The molecule has 20 heavy (non-hydrogen) atoms. The molecule has 0 aliphatic carbocycles. The minimum Gasteiger partial charge on any atom is -0.398 e. The van der Waals surface area contributed by atoms with Gasteiger partial charge < -0.3 is 10.7 Å². The molecule has 2 aromatic rings. The van der Waals surface area contributed by atoms with Crippen LogP contribution in [0, 0.1) is 6.92 Å². The van der Waals surface area contributed by atoms with Gasteiger partial charge in [0.25, 0.3) is 0 Å². The molecular weight excluding hydrogens is 344 g/mol. The van der Waals surface area contributed by atoms with E-state index in [9.17, 15) is 8.42 Å². The summed E-state index contributed by atoms with van der Waals surface area (Å²) < 4.78 is 28.1. The first-order valence-electron chi connectivity index (χ1n) is 5.88. The maximum absolute atomic E-state index is 12.4. The Morgan fingerprint density at radius 2 is 2.15 bits per heavy atom. The summed E-state index contributed by atoms with van der Waals surface area (Å²) in [7, 11) is -3.68. The molecule has 0 aliphatic heterocycles. The Hall–Kier alpha value is -1.38. The number of nitrogens with one attached hydrogen (secondary N) is 2. The van der Waals surface area contributed by atoms with Crippen molar-refractivity contribution >= 4 is 31.6 Å². The SMILES string of the molecule is Cc1c(N)cc(Br)cc1S(=O)(=O)NC(C)c1ncc[nH]1. The molecule has 0 fully saturated rings. The maximum atomic E-state index is 12.4. The molecule has 1 aromatic carbocycles. The van der Waals surface area contributed by atoms with Crippen molar-refractivity contribution in [2.24, 2.45) is 0 Å². The number of rotatable bonds is 4. The lowest BCUT2D eigenvalue weighted by Crippen LogP contribution is -2.28. The van der Waals surface area contributed by atoms with E-state index in [4.69, 9.17) is 5.73 Å². The number of hydrogen-bond acceptors (Lipinski definition) is 4. The van der Waals surface area contributed by atoms with E-state index >= 15 is 0 Å². The molecule has 0 bridgehead atoms. The van der Waals surface area contributed by atoms with Crippen molar-refractivity contribution in [1.82, 2.24) is 14.7 Å². The highest BCUT2D eigenvalue weighted by molar-refractivity contribution is 9.10. The lowest BCUT2D eigenvalue weighted by molar-refractivity contribution is 0.560. The van der Waals surface area contributed by atoms with Crippen molar-refractivity contribution in [3.63, 3.8) is 0 Å². The van der Waals surface area contributed by atoms with Gasteiger partial charge in [0.05, 0.1) is 10.9 Å². The van der Waals surface area contributed by atoms with Crippen molar-refractivity contribution in [1.29, 1.82) is 0 Å². The minimum atomic E-state index is -3.68. The molecule has 0 amide bonds. The molecule has 1 heterocycles. The maximum Gasteiger partial charge on any atom is 0.241 e. The predicted molar refractivity (Wildman–Crippen MR) is 80.6 cm³/mol. The summed E-state index contributed by atoms with van der Waals surface area (Å²) in [5.74, 6) is 0.550. The third kappa shape index (κ3) is 3.02. The van der Waals surface area contributed by atoms with Crippen LogP contribution in [0.2, 0.25) is 0 Å². The van der Waals surface area contributed by atoms with Gasteiger partial charge in [-0.15, -0.1) is 0 Å². The smallest absolute Gasteiger partial charge is 0.241 e. The highest BCUT2D eigenvalue weighted by Gasteiger charge is 2.22. The van der Waals surface area contributed by atoms with Gasteiger partial charge in [-0.3, -0.25) is 0 Å². The number of anilines is 1. The van der Waals surface area contributed by atoms with Crippen LogP contribution in [-0.4, -0.2) is 18.4 Å². The number of imidazole rings is 1. The average molecular weight is 359 g/mol. The molecule has 0 saturated carbocycles. The van der Waals surface area contributed by atoms with Gasteiger partial charge in [0, 0.05) is 22.6 Å². The molecule has 1 aromatic heterocycles. The van der Waals surface area contributed by atoms with Crippen molar-refractivity contribution < 1.29 is 8.42 Å². The Bertz CT molecular complexity index is 713. The Labute approximate surface area is 126 Å². The summed E-state index contributed by atoms with van der Waals surface area (Å²) >= 11 is 3.25. The van der Waals surface area contributed by atoms with Gasteiger partial charge in [0.1, 0.15) is 5.82 Å². The van der Waals surface area contributed by atoms with E-state index in [1.807, 2.05) is 0 Å². The van der Waals surface area contributed by atoms with E-state index in [0.29, 0.717) is 21.5 Å². The van der Waals surface area contributed by atoms with Crippen LogP contribution in [0.15, 0.2) is 33.9 Å². The zero-order chi connectivity index (χ0) is 14.9. The lowest BCUT2D eigenvalue weighted by atomic mass is 10.2. The predicted octanol–water partition coefficient (Wildman–Crippen LogP) is 2.10. The summed E-state index contributed by atoms with van der Waals surface area (Å²) in [5, 5.41) is 0. The van der Waals surface area contributed by atoms with E-state index in [2.05, 4.69) is 30.6 Å². The van der Waals surface area contributed by atoms with Crippen LogP contribution in [0.4, 0.5) is 5.69 Å². The second-order valence-corrected chi connectivity index (χ2v) is 7.03. The second-order valence-electron chi connectivity index (χ2n) is 4.44. The molecular formula is C12H15BrN4O2S. The van der Waals surface area contributed by atoms with Crippen molar-refractivity contribution in [2.45, 2.75) is 24.8 Å². The molecule has 8 heteroatoms. The van der Waals surface area contributed by atoms with Crippen LogP contribution in [0.3, 0.4) is 0 Å². The molecule has 0 saturated heterocycles. The number of H-pyrrole nitrogens is 1. The molecule has 6 nitrogen and oxygen atoms in total. The van der Waals surface area contributed by atoms with Gasteiger partial charge in [0.2, 0.25) is 10.0 Å². The molecule has 4 N–H and O–H groups in total. The second kappa shape index (κ2) is 5.55. The number of aromatic nitrogens is 2. The van der Waals surface area contributed by atoms with Gasteiger partial charge in [-0.2, -0.15) is 0 Å². The quantitative estimate of drug-likeness (QED) is 0.728. The summed E-state index contributed by atoms with van der Waals surface area (Å²) in [6, 6.07) is 2.74. The number of nitrogen functional groups attached to an aromatic ring is 1. The number of halogens is 1. The van der Waals surface area contributed by atoms with Crippen molar-refractivity contribution in [3.8, 4) is 0 Å². The Balaban J connectivity index is 2.36.